The number of benzene rings is 1. The maximum absolute atomic E-state index is 5.73. The molecule has 1 saturated carbocycles. The summed E-state index contributed by atoms with van der Waals surface area (Å²) in [4.78, 5) is 0. The molecule has 1 fully saturated rings. The van der Waals surface area contributed by atoms with Crippen LogP contribution in [0.3, 0.4) is 0 Å². The van der Waals surface area contributed by atoms with E-state index in [4.69, 9.17) is 15.3 Å². The van der Waals surface area contributed by atoms with Gasteiger partial charge < -0.3 is 9.47 Å². The van der Waals surface area contributed by atoms with Crippen LogP contribution in [0.2, 0.25) is 0 Å². The lowest BCUT2D eigenvalue weighted by atomic mass is 9.79. The minimum atomic E-state index is -0.355. The van der Waals surface area contributed by atoms with Crippen molar-refractivity contribution in [2.45, 2.75) is 51.4 Å². The van der Waals surface area contributed by atoms with Crippen molar-refractivity contribution in [3.05, 3.63) is 35.4 Å². The van der Waals surface area contributed by atoms with E-state index in [1.54, 1.807) is 0 Å². The molecular weight excluding hydrogens is 252 g/mol. The number of hydrogen-bond acceptors (Lipinski definition) is 4. The van der Waals surface area contributed by atoms with Gasteiger partial charge in [-0.05, 0) is 43.7 Å². The van der Waals surface area contributed by atoms with Gasteiger partial charge >= 0.3 is 0 Å². The maximum Gasteiger partial charge on any atom is 0.178 e. The van der Waals surface area contributed by atoms with E-state index in [1.165, 1.54) is 24.8 Å². The Balaban J connectivity index is 2.16. The molecule has 20 heavy (non-hydrogen) atoms. The Bertz CT molecular complexity index is 401. The molecule has 1 aromatic carbocycles. The topological polar surface area (TPSA) is 56.5 Å². The molecule has 112 valence electrons. The molecule has 3 N–H and O–H groups in total. The molecule has 0 amide bonds. The van der Waals surface area contributed by atoms with Gasteiger partial charge in [-0.1, -0.05) is 30.7 Å². The lowest BCUT2D eigenvalue weighted by molar-refractivity contribution is -0.155. The predicted octanol–water partition coefficient (Wildman–Crippen LogP) is 2.86. The first-order chi connectivity index (χ1) is 9.80. The molecule has 4 nitrogen and oxygen atoms in total. The van der Waals surface area contributed by atoms with E-state index in [1.807, 2.05) is 13.8 Å². The van der Waals surface area contributed by atoms with E-state index in [9.17, 15) is 0 Å². The fraction of sp³-hybridized carbons (Fsp3) is 0.625. The molecule has 1 atom stereocenters. The van der Waals surface area contributed by atoms with Crippen LogP contribution < -0.4 is 11.3 Å². The smallest absolute Gasteiger partial charge is 0.178 e. The summed E-state index contributed by atoms with van der Waals surface area (Å²) in [5, 5.41) is 0. The Kier molecular flexibility index (Phi) is 5.98. The van der Waals surface area contributed by atoms with E-state index in [0.717, 1.165) is 5.56 Å². The second-order valence-electron chi connectivity index (χ2n) is 5.22. The zero-order valence-corrected chi connectivity index (χ0v) is 12.5. The van der Waals surface area contributed by atoms with E-state index >= 15 is 0 Å². The van der Waals surface area contributed by atoms with Crippen LogP contribution in [0.4, 0.5) is 0 Å². The minimum absolute atomic E-state index is 0.144. The van der Waals surface area contributed by atoms with Gasteiger partial charge in [-0.2, -0.15) is 0 Å². The van der Waals surface area contributed by atoms with Crippen molar-refractivity contribution in [2.75, 3.05) is 13.2 Å². The summed E-state index contributed by atoms with van der Waals surface area (Å²) in [5.41, 5.74) is 5.37. The van der Waals surface area contributed by atoms with Gasteiger partial charge in [0.05, 0.1) is 6.04 Å². The van der Waals surface area contributed by atoms with Gasteiger partial charge in [0.1, 0.15) is 0 Å². The molecule has 1 aliphatic carbocycles. The highest BCUT2D eigenvalue weighted by Crippen LogP contribution is 2.37. The summed E-state index contributed by atoms with van der Waals surface area (Å²) in [6, 6.07) is 8.48. The van der Waals surface area contributed by atoms with Crippen molar-refractivity contribution < 1.29 is 9.47 Å². The lowest BCUT2D eigenvalue weighted by Gasteiger charge is -2.29. The fourth-order valence-corrected chi connectivity index (χ4v) is 2.65. The van der Waals surface area contributed by atoms with Crippen LogP contribution in [0.5, 0.6) is 0 Å². The summed E-state index contributed by atoms with van der Waals surface area (Å²) in [5.74, 6) is 6.44. The molecule has 0 aromatic heterocycles. The zero-order valence-electron chi connectivity index (χ0n) is 12.5. The Morgan fingerprint density at radius 2 is 1.95 bits per heavy atom. The Morgan fingerprint density at radius 1 is 1.25 bits per heavy atom. The molecule has 2 rings (SSSR count). The standard InChI is InChI=1S/C16H26N2O2/c1-3-19-16(20-4-2)15(18-17)14-10-6-9-13(11-14)12-7-5-8-12/h6,9-12,15-16,18H,3-5,7-8,17H2,1-2H3. The maximum atomic E-state index is 5.73. The molecular formula is C16H26N2O2. The highest BCUT2D eigenvalue weighted by atomic mass is 16.7. The van der Waals surface area contributed by atoms with Crippen LogP contribution in [0.15, 0.2) is 24.3 Å². The molecule has 0 aliphatic heterocycles. The van der Waals surface area contributed by atoms with Gasteiger partial charge in [0.2, 0.25) is 0 Å². The van der Waals surface area contributed by atoms with E-state index in [-0.39, 0.29) is 12.3 Å². The number of rotatable bonds is 8. The van der Waals surface area contributed by atoms with Crippen LogP contribution >= 0.6 is 0 Å². The van der Waals surface area contributed by atoms with Crippen molar-refractivity contribution in [3.63, 3.8) is 0 Å². The van der Waals surface area contributed by atoms with Crippen LogP contribution in [-0.2, 0) is 9.47 Å². The first-order valence-corrected chi connectivity index (χ1v) is 7.59. The fourth-order valence-electron chi connectivity index (χ4n) is 2.65. The lowest BCUT2D eigenvalue weighted by Crippen LogP contribution is -2.39. The summed E-state index contributed by atoms with van der Waals surface area (Å²) in [6.45, 7) is 5.13. The van der Waals surface area contributed by atoms with Crippen LogP contribution in [0, 0.1) is 0 Å². The Morgan fingerprint density at radius 3 is 2.45 bits per heavy atom. The van der Waals surface area contributed by atoms with Gasteiger partial charge in [-0.15, -0.1) is 0 Å². The minimum Gasteiger partial charge on any atom is -0.351 e. The third-order valence-electron chi connectivity index (χ3n) is 3.96. The first kappa shape index (κ1) is 15.4. The van der Waals surface area contributed by atoms with Gasteiger partial charge in [-0.3, -0.25) is 5.84 Å². The summed E-state index contributed by atoms with van der Waals surface area (Å²) in [7, 11) is 0. The molecule has 0 radical (unpaired) electrons. The van der Waals surface area contributed by atoms with Crippen molar-refractivity contribution in [1.29, 1.82) is 0 Å². The second kappa shape index (κ2) is 7.74. The van der Waals surface area contributed by atoms with Gasteiger partial charge in [0.25, 0.3) is 0 Å². The highest BCUT2D eigenvalue weighted by Gasteiger charge is 2.25. The van der Waals surface area contributed by atoms with Gasteiger partial charge in [0.15, 0.2) is 6.29 Å². The van der Waals surface area contributed by atoms with E-state index < -0.39 is 0 Å². The average Bonchev–Trinajstić information content (AvgIpc) is 2.39. The normalized spacial score (nSPS) is 17.2. The van der Waals surface area contributed by atoms with Crippen LogP contribution in [0.1, 0.15) is 56.2 Å². The SMILES string of the molecule is CCOC(OCC)C(NN)c1cccc(C2CCC2)c1. The highest BCUT2D eigenvalue weighted by molar-refractivity contribution is 5.30. The monoisotopic (exact) mass is 278 g/mol. The Hall–Kier alpha value is -0.940. The van der Waals surface area contributed by atoms with Crippen molar-refractivity contribution in [1.82, 2.24) is 5.43 Å². The van der Waals surface area contributed by atoms with Crippen molar-refractivity contribution in [2.24, 2.45) is 5.84 Å². The molecule has 0 spiro atoms. The van der Waals surface area contributed by atoms with Crippen LogP contribution in [-0.4, -0.2) is 19.5 Å². The molecule has 4 heteroatoms. The third kappa shape index (κ3) is 3.58. The third-order valence-corrected chi connectivity index (χ3v) is 3.96. The molecule has 0 bridgehead atoms. The molecule has 1 aromatic rings. The zero-order chi connectivity index (χ0) is 14.4. The van der Waals surface area contributed by atoms with E-state index in [2.05, 4.69) is 29.7 Å². The van der Waals surface area contributed by atoms with Gasteiger partial charge in [-0.25, -0.2) is 5.43 Å². The largest absolute Gasteiger partial charge is 0.351 e. The van der Waals surface area contributed by atoms with Crippen molar-refractivity contribution >= 4 is 0 Å². The molecule has 0 saturated heterocycles. The number of nitrogens with two attached hydrogens (primary N) is 1. The Labute approximate surface area is 121 Å². The van der Waals surface area contributed by atoms with Crippen molar-refractivity contribution in [3.8, 4) is 0 Å². The first-order valence-electron chi connectivity index (χ1n) is 7.59. The average molecular weight is 278 g/mol. The summed E-state index contributed by atoms with van der Waals surface area (Å²) < 4.78 is 11.3. The van der Waals surface area contributed by atoms with Crippen LogP contribution in [0.25, 0.3) is 0 Å². The molecule has 1 aliphatic rings. The number of nitrogens with one attached hydrogen (secondary N) is 1. The summed E-state index contributed by atoms with van der Waals surface area (Å²) >= 11 is 0. The molecule has 1 unspecified atom stereocenters. The number of hydrazine groups is 1. The van der Waals surface area contributed by atoms with E-state index in [0.29, 0.717) is 19.1 Å². The molecule has 0 heterocycles. The second-order valence-corrected chi connectivity index (χ2v) is 5.22. The summed E-state index contributed by atoms with van der Waals surface area (Å²) in [6.07, 6.45) is 3.58. The quantitative estimate of drug-likeness (QED) is 0.436. The number of ether oxygens (including phenoxy) is 2. The number of hydrogen-bond donors (Lipinski definition) is 2. The predicted molar refractivity (Wildman–Crippen MR) is 80.1 cm³/mol. The van der Waals surface area contributed by atoms with Gasteiger partial charge in [0, 0.05) is 13.2 Å².